The van der Waals surface area contributed by atoms with Crippen LogP contribution in [0.15, 0.2) is 18.3 Å². The Morgan fingerprint density at radius 2 is 2.28 bits per heavy atom. The molecular formula is C16H20ClN5O2S. The second-order valence-corrected chi connectivity index (χ2v) is 6.97. The normalized spacial score (nSPS) is 22.2. The molecule has 0 radical (unpaired) electrons. The first-order valence-corrected chi connectivity index (χ1v) is 9.01. The summed E-state index contributed by atoms with van der Waals surface area (Å²) < 4.78 is 0. The van der Waals surface area contributed by atoms with Gasteiger partial charge < -0.3 is 10.2 Å². The summed E-state index contributed by atoms with van der Waals surface area (Å²) in [4.78, 5) is 32.3. The van der Waals surface area contributed by atoms with Crippen molar-refractivity contribution in [2.24, 2.45) is 0 Å². The highest BCUT2D eigenvalue weighted by molar-refractivity contribution is 7.99. The number of amides is 2. The Morgan fingerprint density at radius 3 is 2.84 bits per heavy atom. The Hall–Kier alpha value is -1.82. The van der Waals surface area contributed by atoms with E-state index in [2.05, 4.69) is 10.3 Å². The van der Waals surface area contributed by atoms with Gasteiger partial charge in [0.25, 0.3) is 0 Å². The van der Waals surface area contributed by atoms with Gasteiger partial charge in [0.2, 0.25) is 11.8 Å². The molecule has 134 valence electrons. The summed E-state index contributed by atoms with van der Waals surface area (Å²) >= 11 is 1.76. The van der Waals surface area contributed by atoms with E-state index in [1.165, 1.54) is 13.1 Å². The van der Waals surface area contributed by atoms with Gasteiger partial charge in [-0.1, -0.05) is 0 Å². The number of nitriles is 1. The van der Waals surface area contributed by atoms with Gasteiger partial charge in [0.05, 0.1) is 23.5 Å². The molecule has 2 saturated heterocycles. The van der Waals surface area contributed by atoms with E-state index in [1.807, 2.05) is 11.0 Å². The summed E-state index contributed by atoms with van der Waals surface area (Å²) in [5, 5.41) is 12.1. The van der Waals surface area contributed by atoms with E-state index < -0.39 is 0 Å². The maximum absolute atomic E-state index is 12.5. The first-order valence-electron chi connectivity index (χ1n) is 7.86. The third kappa shape index (κ3) is 4.24. The highest BCUT2D eigenvalue weighted by Crippen LogP contribution is 2.23. The van der Waals surface area contributed by atoms with Crippen molar-refractivity contribution in [1.82, 2.24) is 15.2 Å². The zero-order valence-corrected chi connectivity index (χ0v) is 15.5. The Labute approximate surface area is 157 Å². The Kier molecular flexibility index (Phi) is 6.64. The third-order valence-corrected chi connectivity index (χ3v) is 5.26. The van der Waals surface area contributed by atoms with E-state index in [4.69, 9.17) is 5.26 Å². The van der Waals surface area contributed by atoms with Crippen LogP contribution in [-0.2, 0) is 9.59 Å². The highest BCUT2D eigenvalue weighted by atomic mass is 35.5. The van der Waals surface area contributed by atoms with Crippen molar-refractivity contribution in [2.45, 2.75) is 25.4 Å². The van der Waals surface area contributed by atoms with Crippen molar-refractivity contribution < 1.29 is 9.59 Å². The van der Waals surface area contributed by atoms with E-state index in [1.54, 1.807) is 28.8 Å². The number of carbonyl (C=O) groups excluding carboxylic acids is 2. The van der Waals surface area contributed by atoms with Crippen molar-refractivity contribution in [1.29, 1.82) is 5.26 Å². The van der Waals surface area contributed by atoms with E-state index in [-0.39, 0.29) is 36.3 Å². The van der Waals surface area contributed by atoms with Crippen molar-refractivity contribution in [3.8, 4) is 6.07 Å². The molecule has 0 aliphatic carbocycles. The minimum absolute atomic E-state index is 0. The molecule has 0 spiro atoms. The minimum atomic E-state index is -0.256. The Bertz CT molecular complexity index is 672. The van der Waals surface area contributed by atoms with Gasteiger partial charge in [-0.25, -0.2) is 4.98 Å². The van der Waals surface area contributed by atoms with Crippen molar-refractivity contribution in [3.63, 3.8) is 0 Å². The van der Waals surface area contributed by atoms with E-state index in [0.717, 1.165) is 18.2 Å². The molecule has 0 aromatic carbocycles. The van der Waals surface area contributed by atoms with Crippen LogP contribution in [0.1, 0.15) is 18.9 Å². The fourth-order valence-electron chi connectivity index (χ4n) is 3.11. The van der Waals surface area contributed by atoms with Crippen LogP contribution in [0.4, 0.5) is 5.82 Å². The zero-order chi connectivity index (χ0) is 17.1. The van der Waals surface area contributed by atoms with Crippen LogP contribution in [0.25, 0.3) is 0 Å². The minimum Gasteiger partial charge on any atom is -0.331 e. The molecule has 2 atom stereocenters. The molecule has 9 heteroatoms. The van der Waals surface area contributed by atoms with Gasteiger partial charge >= 0.3 is 0 Å². The SMILES string of the molecule is CC(=O)N(c1ccc(C#N)cn1)[C@@H]1CN[C@H](C(=O)N2CCSC2)C1.Cl. The summed E-state index contributed by atoms with van der Waals surface area (Å²) in [5.74, 6) is 2.23. The first kappa shape index (κ1) is 19.5. The molecule has 0 unspecified atom stereocenters. The van der Waals surface area contributed by atoms with Crippen molar-refractivity contribution in [2.75, 3.05) is 29.6 Å². The number of anilines is 1. The lowest BCUT2D eigenvalue weighted by atomic mass is 10.1. The number of carbonyl (C=O) groups is 2. The number of halogens is 1. The quantitative estimate of drug-likeness (QED) is 0.839. The predicted molar refractivity (Wildman–Crippen MR) is 98.6 cm³/mol. The van der Waals surface area contributed by atoms with Crippen LogP contribution >= 0.6 is 24.2 Å². The Morgan fingerprint density at radius 1 is 1.48 bits per heavy atom. The van der Waals surface area contributed by atoms with Gasteiger partial charge in [-0.05, 0) is 18.6 Å². The molecule has 3 heterocycles. The Balaban J connectivity index is 0.00000225. The average Bonchev–Trinajstić information content (AvgIpc) is 3.27. The molecule has 25 heavy (non-hydrogen) atoms. The van der Waals surface area contributed by atoms with Crippen molar-refractivity contribution >= 4 is 41.8 Å². The maximum atomic E-state index is 12.5. The van der Waals surface area contributed by atoms with E-state index in [0.29, 0.717) is 24.3 Å². The second kappa shape index (κ2) is 8.52. The summed E-state index contributed by atoms with van der Waals surface area (Å²) in [6.07, 6.45) is 2.03. The lowest BCUT2D eigenvalue weighted by molar-refractivity contribution is -0.131. The van der Waals surface area contributed by atoms with Crippen LogP contribution in [0.2, 0.25) is 0 Å². The van der Waals surface area contributed by atoms with Gasteiger partial charge in [0.15, 0.2) is 0 Å². The number of nitrogens with one attached hydrogen (secondary N) is 1. The van der Waals surface area contributed by atoms with Crippen LogP contribution < -0.4 is 10.2 Å². The molecule has 2 aliphatic rings. The highest BCUT2D eigenvalue weighted by Gasteiger charge is 2.37. The lowest BCUT2D eigenvalue weighted by Crippen LogP contribution is -2.42. The van der Waals surface area contributed by atoms with Crippen LogP contribution in [-0.4, -0.2) is 58.5 Å². The molecule has 0 saturated carbocycles. The van der Waals surface area contributed by atoms with E-state index >= 15 is 0 Å². The van der Waals surface area contributed by atoms with Crippen LogP contribution in [0.3, 0.4) is 0 Å². The summed E-state index contributed by atoms with van der Waals surface area (Å²) in [7, 11) is 0. The fourth-order valence-corrected chi connectivity index (χ4v) is 4.07. The largest absolute Gasteiger partial charge is 0.331 e. The van der Waals surface area contributed by atoms with Gasteiger partial charge in [-0.15, -0.1) is 24.2 Å². The number of pyridine rings is 1. The number of aromatic nitrogens is 1. The van der Waals surface area contributed by atoms with E-state index in [9.17, 15) is 9.59 Å². The number of nitrogens with zero attached hydrogens (tertiary/aromatic N) is 4. The molecule has 2 fully saturated rings. The average molecular weight is 382 g/mol. The zero-order valence-electron chi connectivity index (χ0n) is 13.8. The molecule has 1 aromatic rings. The molecule has 7 nitrogen and oxygen atoms in total. The third-order valence-electron chi connectivity index (χ3n) is 4.30. The standard InChI is InChI=1S/C16H19N5O2S.ClH/c1-11(22)21(15-3-2-12(7-17)8-19-15)13-6-14(18-9-13)16(23)20-4-5-24-10-20;/h2-3,8,13-14,18H,4-6,9-10H2,1H3;1H/t13-,14-;/m0./s1. The number of hydrogen-bond acceptors (Lipinski definition) is 6. The fraction of sp³-hybridized carbons (Fsp3) is 0.500. The molecule has 1 N–H and O–H groups in total. The maximum Gasteiger partial charge on any atom is 0.240 e. The van der Waals surface area contributed by atoms with Crippen molar-refractivity contribution in [3.05, 3.63) is 23.9 Å². The van der Waals surface area contributed by atoms with Crippen LogP contribution in [0, 0.1) is 11.3 Å². The van der Waals surface area contributed by atoms with Gasteiger partial charge in [-0.2, -0.15) is 5.26 Å². The first-order chi connectivity index (χ1) is 11.6. The molecular weight excluding hydrogens is 362 g/mol. The van der Waals surface area contributed by atoms with Gasteiger partial charge in [-0.3, -0.25) is 14.5 Å². The van der Waals surface area contributed by atoms with Gasteiger partial charge in [0, 0.05) is 32.0 Å². The number of thioether (sulfide) groups is 1. The second-order valence-electron chi connectivity index (χ2n) is 5.90. The van der Waals surface area contributed by atoms with Gasteiger partial charge in [0.1, 0.15) is 11.9 Å². The summed E-state index contributed by atoms with van der Waals surface area (Å²) in [5.41, 5.74) is 0.450. The summed E-state index contributed by atoms with van der Waals surface area (Å²) in [6, 6.07) is 4.96. The summed E-state index contributed by atoms with van der Waals surface area (Å²) in [6.45, 7) is 2.84. The predicted octanol–water partition coefficient (Wildman–Crippen LogP) is 0.991. The lowest BCUT2D eigenvalue weighted by Gasteiger charge is -2.26. The number of rotatable bonds is 3. The monoisotopic (exact) mass is 381 g/mol. The van der Waals surface area contributed by atoms with Crippen LogP contribution in [0.5, 0.6) is 0 Å². The molecule has 3 rings (SSSR count). The molecule has 2 amide bonds. The molecule has 1 aromatic heterocycles. The number of hydrogen-bond donors (Lipinski definition) is 1. The molecule has 2 aliphatic heterocycles. The molecule has 0 bridgehead atoms. The topological polar surface area (TPSA) is 89.3 Å². The smallest absolute Gasteiger partial charge is 0.240 e.